The van der Waals surface area contributed by atoms with Gasteiger partial charge in [-0.2, -0.15) is 5.26 Å². The van der Waals surface area contributed by atoms with Crippen LogP contribution in [-0.4, -0.2) is 41.1 Å². The lowest BCUT2D eigenvalue weighted by Crippen LogP contribution is -2.42. The first-order valence-electron chi connectivity index (χ1n) is 9.72. The van der Waals surface area contributed by atoms with E-state index in [0.29, 0.717) is 17.6 Å². The Balaban J connectivity index is 2.18. The van der Waals surface area contributed by atoms with E-state index in [1.807, 2.05) is 12.1 Å². The van der Waals surface area contributed by atoms with E-state index >= 15 is 0 Å². The Hall–Kier alpha value is -2.58. The highest BCUT2D eigenvalue weighted by atomic mass is 15.4. The Morgan fingerprint density at radius 2 is 2.00 bits per heavy atom. The van der Waals surface area contributed by atoms with Crippen molar-refractivity contribution in [3.8, 4) is 6.07 Å². The number of benzene rings is 1. The van der Waals surface area contributed by atoms with Gasteiger partial charge in [-0.05, 0) is 57.5 Å². The molecule has 1 aliphatic heterocycles. The van der Waals surface area contributed by atoms with Crippen LogP contribution >= 0.6 is 0 Å². The Morgan fingerprint density at radius 3 is 2.67 bits per heavy atom. The van der Waals surface area contributed by atoms with Crippen molar-refractivity contribution in [3.05, 3.63) is 41.0 Å². The van der Waals surface area contributed by atoms with Crippen LogP contribution in [0.15, 0.2) is 24.3 Å². The molecule has 3 heterocycles. The van der Waals surface area contributed by atoms with Crippen molar-refractivity contribution in [2.75, 3.05) is 25.5 Å². The summed E-state index contributed by atoms with van der Waals surface area (Å²) in [6, 6.07) is 10.6. The number of aromatic nitrogens is 2. The number of hydrogen-bond donors (Lipinski definition) is 0. The number of pyridine rings is 1. The summed E-state index contributed by atoms with van der Waals surface area (Å²) >= 11 is 0. The summed E-state index contributed by atoms with van der Waals surface area (Å²) in [6.45, 7) is 7.55. The van der Waals surface area contributed by atoms with Crippen molar-refractivity contribution in [2.45, 2.75) is 45.7 Å². The molecule has 5 nitrogen and oxygen atoms in total. The van der Waals surface area contributed by atoms with E-state index in [0.717, 1.165) is 35.2 Å². The molecule has 2 aromatic heterocycles. The topological polar surface area (TPSA) is 47.6 Å². The molecule has 0 saturated carbocycles. The van der Waals surface area contributed by atoms with Crippen molar-refractivity contribution in [1.82, 2.24) is 14.3 Å². The molecule has 5 heteroatoms. The molecule has 0 amide bonds. The number of anilines is 1. The van der Waals surface area contributed by atoms with Gasteiger partial charge in [0.2, 0.25) is 0 Å². The van der Waals surface area contributed by atoms with E-state index in [1.54, 1.807) is 0 Å². The molecule has 3 aromatic rings. The zero-order valence-electron chi connectivity index (χ0n) is 16.8. The number of hydrogen-bond acceptors (Lipinski definition) is 4. The fourth-order valence-electron chi connectivity index (χ4n) is 4.64. The second-order valence-corrected chi connectivity index (χ2v) is 8.04. The van der Waals surface area contributed by atoms with Crippen LogP contribution in [0, 0.1) is 18.3 Å². The van der Waals surface area contributed by atoms with Gasteiger partial charge in [-0.15, -0.1) is 0 Å². The summed E-state index contributed by atoms with van der Waals surface area (Å²) < 4.78 is 2.23. The molecule has 140 valence electrons. The minimum atomic E-state index is 0.320. The lowest BCUT2D eigenvalue weighted by Gasteiger charge is -2.35. The molecule has 1 aromatic carbocycles. The first-order chi connectivity index (χ1) is 13.0. The highest BCUT2D eigenvalue weighted by molar-refractivity contribution is 5.86. The van der Waals surface area contributed by atoms with E-state index in [-0.39, 0.29) is 0 Å². The van der Waals surface area contributed by atoms with Crippen molar-refractivity contribution in [3.63, 3.8) is 0 Å². The van der Waals surface area contributed by atoms with E-state index in [4.69, 9.17) is 4.98 Å². The standard InChI is InChI=1S/C22H27N5/c1-14(2)20-15(3)16(13-23)21-24-17-9-6-7-10-18(17)27(21)22(20)26-12-8-11-19(26)25(4)5/h6-7,9-10,14,19H,8,11-12H2,1-5H3. The summed E-state index contributed by atoms with van der Waals surface area (Å²) in [6.07, 6.45) is 2.69. The second kappa shape index (κ2) is 6.54. The maximum Gasteiger partial charge on any atom is 0.157 e. The summed E-state index contributed by atoms with van der Waals surface area (Å²) in [4.78, 5) is 9.67. The van der Waals surface area contributed by atoms with Crippen molar-refractivity contribution in [2.24, 2.45) is 0 Å². The minimum absolute atomic E-state index is 0.320. The highest BCUT2D eigenvalue weighted by Crippen LogP contribution is 2.39. The van der Waals surface area contributed by atoms with Gasteiger partial charge in [0, 0.05) is 12.1 Å². The number of para-hydroxylation sites is 2. The van der Waals surface area contributed by atoms with Gasteiger partial charge < -0.3 is 4.90 Å². The maximum absolute atomic E-state index is 9.92. The Kier molecular flexibility index (Phi) is 4.32. The number of imidazole rings is 1. The average Bonchev–Trinajstić information content (AvgIpc) is 3.25. The third-order valence-corrected chi connectivity index (χ3v) is 5.79. The molecule has 0 radical (unpaired) electrons. The van der Waals surface area contributed by atoms with Crippen LogP contribution in [0.4, 0.5) is 5.82 Å². The van der Waals surface area contributed by atoms with Gasteiger partial charge in [-0.1, -0.05) is 26.0 Å². The van der Waals surface area contributed by atoms with Crippen LogP contribution < -0.4 is 4.90 Å². The Labute approximate surface area is 160 Å². The fourth-order valence-corrected chi connectivity index (χ4v) is 4.64. The van der Waals surface area contributed by atoms with Gasteiger partial charge in [-0.25, -0.2) is 4.98 Å². The first kappa shape index (κ1) is 17.8. The molecule has 1 aliphatic rings. The van der Waals surface area contributed by atoms with Gasteiger partial charge in [0.15, 0.2) is 5.65 Å². The van der Waals surface area contributed by atoms with Crippen LogP contribution in [0.3, 0.4) is 0 Å². The van der Waals surface area contributed by atoms with Gasteiger partial charge >= 0.3 is 0 Å². The van der Waals surface area contributed by atoms with Crippen molar-refractivity contribution in [1.29, 1.82) is 5.26 Å². The molecule has 0 aliphatic carbocycles. The monoisotopic (exact) mass is 361 g/mol. The quantitative estimate of drug-likeness (QED) is 0.699. The van der Waals surface area contributed by atoms with Crippen LogP contribution in [0.25, 0.3) is 16.7 Å². The third-order valence-electron chi connectivity index (χ3n) is 5.79. The second-order valence-electron chi connectivity index (χ2n) is 8.04. The van der Waals surface area contributed by atoms with Crippen LogP contribution in [0.2, 0.25) is 0 Å². The minimum Gasteiger partial charge on any atom is -0.342 e. The smallest absolute Gasteiger partial charge is 0.157 e. The van der Waals surface area contributed by atoms with Gasteiger partial charge in [-0.3, -0.25) is 9.30 Å². The summed E-state index contributed by atoms with van der Waals surface area (Å²) in [5.74, 6) is 1.53. The zero-order valence-corrected chi connectivity index (χ0v) is 16.8. The number of nitriles is 1. The highest BCUT2D eigenvalue weighted by Gasteiger charge is 2.33. The van der Waals surface area contributed by atoms with E-state index in [9.17, 15) is 5.26 Å². The van der Waals surface area contributed by atoms with Gasteiger partial charge in [0.1, 0.15) is 11.9 Å². The summed E-state index contributed by atoms with van der Waals surface area (Å²) in [5, 5.41) is 9.92. The predicted octanol–water partition coefficient (Wildman–Crippen LogP) is 4.28. The molecule has 1 fully saturated rings. The SMILES string of the molecule is Cc1c(C(C)C)c(N2CCCC2N(C)C)n2c(nc3ccccc32)c1C#N. The largest absolute Gasteiger partial charge is 0.342 e. The Morgan fingerprint density at radius 1 is 1.26 bits per heavy atom. The normalized spacial score (nSPS) is 17.6. The van der Waals surface area contributed by atoms with Crippen molar-refractivity contribution < 1.29 is 0 Å². The Bertz CT molecular complexity index is 1050. The van der Waals surface area contributed by atoms with E-state index in [2.05, 4.69) is 67.3 Å². The number of rotatable bonds is 3. The van der Waals surface area contributed by atoms with Crippen molar-refractivity contribution >= 4 is 22.5 Å². The predicted molar refractivity (Wildman–Crippen MR) is 110 cm³/mol. The van der Waals surface area contributed by atoms with E-state index in [1.165, 1.54) is 17.8 Å². The fraction of sp³-hybridized carbons (Fsp3) is 0.455. The van der Waals surface area contributed by atoms with E-state index < -0.39 is 0 Å². The zero-order chi connectivity index (χ0) is 19.3. The molecule has 0 N–H and O–H groups in total. The lowest BCUT2D eigenvalue weighted by molar-refractivity contribution is 0.299. The molecular formula is C22H27N5. The molecule has 27 heavy (non-hydrogen) atoms. The molecular weight excluding hydrogens is 334 g/mol. The molecule has 0 spiro atoms. The molecule has 1 saturated heterocycles. The van der Waals surface area contributed by atoms with Crippen LogP contribution in [-0.2, 0) is 0 Å². The number of fused-ring (bicyclic) bond motifs is 3. The molecule has 4 rings (SSSR count). The molecule has 0 bridgehead atoms. The molecule has 1 unspecified atom stereocenters. The summed E-state index contributed by atoms with van der Waals surface area (Å²) in [7, 11) is 4.30. The first-order valence-corrected chi connectivity index (χ1v) is 9.72. The van der Waals surface area contributed by atoms with Gasteiger partial charge in [0.25, 0.3) is 0 Å². The molecule has 1 atom stereocenters. The van der Waals surface area contributed by atoms with Gasteiger partial charge in [0.05, 0.1) is 22.8 Å². The third kappa shape index (κ3) is 2.59. The van der Waals surface area contributed by atoms with Crippen LogP contribution in [0.1, 0.15) is 49.3 Å². The lowest BCUT2D eigenvalue weighted by atomic mass is 9.95. The van der Waals surface area contributed by atoms with Crippen LogP contribution in [0.5, 0.6) is 0 Å². The number of nitrogens with zero attached hydrogens (tertiary/aromatic N) is 5. The maximum atomic E-state index is 9.92. The average molecular weight is 361 g/mol. The summed E-state index contributed by atoms with van der Waals surface area (Å²) in [5.41, 5.74) is 5.81.